The van der Waals surface area contributed by atoms with Crippen molar-refractivity contribution < 1.29 is 99.0 Å². The zero-order valence-electron chi connectivity index (χ0n) is 7.78. The Morgan fingerprint density at radius 1 is 0.714 bits per heavy atom. The molecule has 0 rings (SSSR count). The van der Waals surface area contributed by atoms with Gasteiger partial charge in [-0.05, 0) is 0 Å². The van der Waals surface area contributed by atoms with E-state index >= 15 is 0 Å². The first kappa shape index (κ1) is 21.2. The summed E-state index contributed by atoms with van der Waals surface area (Å²) in [5.74, 6) is 0. The molecule has 0 spiro atoms. The molecule has 0 amide bonds. The second-order valence-electron chi connectivity index (χ2n) is 2.48. The van der Waals surface area contributed by atoms with Gasteiger partial charge in [0.25, 0.3) is 0 Å². The number of hydrogen-bond acceptors (Lipinski definition) is 6. The summed E-state index contributed by atoms with van der Waals surface area (Å²) < 4.78 is 0. The van der Waals surface area contributed by atoms with E-state index < -0.39 is 37.6 Å². The normalized spacial score (nSPS) is 18.4. The van der Waals surface area contributed by atoms with Crippen molar-refractivity contribution in [1.82, 2.24) is 0 Å². The maximum atomic E-state index is 8.96. The quantitative estimate of drug-likeness (QED) is 0.281. The van der Waals surface area contributed by atoms with Crippen LogP contribution in [0, 0.1) is 0 Å². The Kier molecular flexibility index (Phi) is 17.2. The first-order chi connectivity index (χ1) is 5.54. The Hall–Kier alpha value is 1.88. The Labute approximate surface area is 135 Å². The van der Waals surface area contributed by atoms with Crippen LogP contribution in [0.4, 0.5) is 0 Å². The van der Waals surface area contributed by atoms with E-state index in [0.29, 0.717) is 0 Å². The Balaban J connectivity index is -0.000000605. The molecule has 0 saturated carbocycles. The minimum atomic E-state index is -1.67. The van der Waals surface area contributed by atoms with Crippen molar-refractivity contribution in [3.8, 4) is 0 Å². The summed E-state index contributed by atoms with van der Waals surface area (Å²) >= 11 is 0. The van der Waals surface area contributed by atoms with Gasteiger partial charge >= 0.3 is 51.4 Å². The molecule has 4 atom stereocenters. The van der Waals surface area contributed by atoms with Crippen LogP contribution in [0.2, 0.25) is 0 Å². The SMILES string of the molecule is OCC(O)C(O)C(O)C(O)CO.[Br-].[K+]. The second kappa shape index (κ2) is 11.4. The fourth-order valence-corrected chi connectivity index (χ4v) is 0.671. The van der Waals surface area contributed by atoms with Crippen molar-refractivity contribution in [2.45, 2.75) is 24.4 Å². The van der Waals surface area contributed by atoms with Crippen molar-refractivity contribution in [3.63, 3.8) is 0 Å². The standard InChI is InChI=1S/C6H14O6.BrH.K/c7-1-3(9)5(11)6(12)4(10)2-8;;/h3-12H,1-2H2;1H;/q;;+1/p-1. The van der Waals surface area contributed by atoms with E-state index in [1.54, 1.807) is 0 Å². The molecule has 0 radical (unpaired) electrons. The number of halogens is 1. The van der Waals surface area contributed by atoms with Crippen LogP contribution in [-0.2, 0) is 0 Å². The number of rotatable bonds is 5. The second-order valence-corrected chi connectivity index (χ2v) is 2.48. The van der Waals surface area contributed by atoms with E-state index in [9.17, 15) is 0 Å². The van der Waals surface area contributed by atoms with Crippen LogP contribution in [0.5, 0.6) is 0 Å². The minimum absolute atomic E-state index is 0. The van der Waals surface area contributed by atoms with Crippen molar-refractivity contribution >= 4 is 0 Å². The van der Waals surface area contributed by atoms with Crippen molar-refractivity contribution in [1.29, 1.82) is 0 Å². The summed E-state index contributed by atoms with van der Waals surface area (Å²) in [5.41, 5.74) is 0. The molecule has 82 valence electrons. The van der Waals surface area contributed by atoms with Gasteiger partial charge < -0.3 is 47.6 Å². The first-order valence-corrected chi connectivity index (χ1v) is 3.48. The summed E-state index contributed by atoms with van der Waals surface area (Å²) in [4.78, 5) is 0. The van der Waals surface area contributed by atoms with Gasteiger partial charge in [-0.2, -0.15) is 0 Å². The van der Waals surface area contributed by atoms with Crippen LogP contribution in [0.1, 0.15) is 0 Å². The molecule has 14 heavy (non-hydrogen) atoms. The Morgan fingerprint density at radius 3 is 1.07 bits per heavy atom. The molecule has 0 fully saturated rings. The number of aliphatic hydroxyl groups is 6. The van der Waals surface area contributed by atoms with Gasteiger partial charge in [-0.15, -0.1) is 0 Å². The molecule has 0 heterocycles. The summed E-state index contributed by atoms with van der Waals surface area (Å²) in [6.07, 6.45) is -6.39. The molecule has 8 heteroatoms. The Bertz CT molecular complexity index is 115. The number of aliphatic hydroxyl groups excluding tert-OH is 6. The van der Waals surface area contributed by atoms with Crippen LogP contribution < -0.4 is 68.4 Å². The zero-order valence-corrected chi connectivity index (χ0v) is 12.5. The van der Waals surface area contributed by atoms with Crippen LogP contribution >= 0.6 is 0 Å². The largest absolute Gasteiger partial charge is 1.00 e. The molecule has 4 unspecified atom stereocenters. The van der Waals surface area contributed by atoms with Crippen LogP contribution in [0.3, 0.4) is 0 Å². The Morgan fingerprint density at radius 2 is 0.929 bits per heavy atom. The third-order valence-corrected chi connectivity index (χ3v) is 1.51. The van der Waals surface area contributed by atoms with Crippen LogP contribution in [0.15, 0.2) is 0 Å². The molecule has 6 nitrogen and oxygen atoms in total. The van der Waals surface area contributed by atoms with Gasteiger partial charge in [0.2, 0.25) is 0 Å². The first-order valence-electron chi connectivity index (χ1n) is 3.48. The molecule has 0 aliphatic rings. The molecule has 0 aromatic carbocycles. The molecule has 0 bridgehead atoms. The van der Waals surface area contributed by atoms with Crippen molar-refractivity contribution in [2.24, 2.45) is 0 Å². The van der Waals surface area contributed by atoms with Gasteiger partial charge in [0.1, 0.15) is 24.4 Å². The molecule has 0 aromatic heterocycles. The van der Waals surface area contributed by atoms with Crippen molar-refractivity contribution in [3.05, 3.63) is 0 Å². The van der Waals surface area contributed by atoms with Crippen LogP contribution in [-0.4, -0.2) is 68.3 Å². The fourth-order valence-electron chi connectivity index (χ4n) is 0.671. The minimum Gasteiger partial charge on any atom is -1.00 e. The summed E-state index contributed by atoms with van der Waals surface area (Å²) in [7, 11) is 0. The van der Waals surface area contributed by atoms with Gasteiger partial charge in [0.15, 0.2) is 0 Å². The van der Waals surface area contributed by atoms with E-state index in [2.05, 4.69) is 0 Å². The monoisotopic (exact) mass is 300 g/mol. The van der Waals surface area contributed by atoms with Gasteiger partial charge in [-0.1, -0.05) is 0 Å². The maximum absolute atomic E-state index is 8.96. The molecule has 6 N–H and O–H groups in total. The van der Waals surface area contributed by atoms with Crippen molar-refractivity contribution in [2.75, 3.05) is 13.2 Å². The smallest absolute Gasteiger partial charge is 1.00 e. The van der Waals surface area contributed by atoms with Gasteiger partial charge in [-0.25, -0.2) is 0 Å². The molecule has 0 saturated heterocycles. The fraction of sp³-hybridized carbons (Fsp3) is 1.00. The topological polar surface area (TPSA) is 121 Å². The third kappa shape index (κ3) is 7.20. The summed E-state index contributed by atoms with van der Waals surface area (Å²) in [6, 6.07) is 0. The van der Waals surface area contributed by atoms with Gasteiger partial charge in [0.05, 0.1) is 13.2 Å². The third-order valence-electron chi connectivity index (χ3n) is 1.51. The average molecular weight is 301 g/mol. The molecule has 0 aliphatic heterocycles. The zero-order chi connectivity index (χ0) is 9.72. The predicted molar refractivity (Wildman–Crippen MR) is 38.2 cm³/mol. The maximum Gasteiger partial charge on any atom is 1.00 e. The van der Waals surface area contributed by atoms with Crippen LogP contribution in [0.25, 0.3) is 0 Å². The van der Waals surface area contributed by atoms with E-state index in [1.165, 1.54) is 0 Å². The molecule has 0 aliphatic carbocycles. The van der Waals surface area contributed by atoms with Gasteiger partial charge in [-0.3, -0.25) is 0 Å². The number of hydrogen-bond donors (Lipinski definition) is 6. The predicted octanol–water partition coefficient (Wildman–Crippen LogP) is -9.58. The van der Waals surface area contributed by atoms with E-state index in [0.717, 1.165) is 0 Å². The van der Waals surface area contributed by atoms with Gasteiger partial charge in [0, 0.05) is 0 Å². The van der Waals surface area contributed by atoms with E-state index in [-0.39, 0.29) is 68.4 Å². The molecule has 0 aromatic rings. The summed E-state index contributed by atoms with van der Waals surface area (Å²) in [5, 5.41) is 52.2. The molecular formula is C6H14BrKO6. The van der Waals surface area contributed by atoms with E-state index in [4.69, 9.17) is 30.6 Å². The summed E-state index contributed by atoms with van der Waals surface area (Å²) in [6.45, 7) is -1.45. The van der Waals surface area contributed by atoms with E-state index in [1.807, 2.05) is 0 Å². The molecular weight excluding hydrogens is 287 g/mol. The average Bonchev–Trinajstić information content (AvgIpc) is 2.12.